The first-order chi connectivity index (χ1) is 12.7. The van der Waals surface area contributed by atoms with Crippen LogP contribution in [0.4, 0.5) is 5.95 Å². The van der Waals surface area contributed by atoms with Crippen LogP contribution in [0.25, 0.3) is 0 Å². The number of benzene rings is 1. The molecular formula is C20H26N4O2. The first-order valence-corrected chi connectivity index (χ1v) is 9.27. The average Bonchev–Trinajstić information content (AvgIpc) is 2.69. The van der Waals surface area contributed by atoms with Gasteiger partial charge in [-0.05, 0) is 49.9 Å². The van der Waals surface area contributed by atoms with Crippen molar-refractivity contribution in [2.24, 2.45) is 0 Å². The smallest absolute Gasteiger partial charge is 0.225 e. The summed E-state index contributed by atoms with van der Waals surface area (Å²) in [6, 6.07) is 9.92. The number of nitrogens with one attached hydrogen (secondary N) is 1. The van der Waals surface area contributed by atoms with Crippen LogP contribution in [0, 0.1) is 0 Å². The number of piperidine rings is 1. The van der Waals surface area contributed by atoms with Gasteiger partial charge >= 0.3 is 0 Å². The molecule has 1 aromatic heterocycles. The van der Waals surface area contributed by atoms with E-state index >= 15 is 0 Å². The maximum Gasteiger partial charge on any atom is 0.225 e. The molecule has 26 heavy (non-hydrogen) atoms. The highest BCUT2D eigenvalue weighted by Crippen LogP contribution is 2.16. The van der Waals surface area contributed by atoms with Crippen molar-refractivity contribution in [2.75, 3.05) is 24.6 Å². The zero-order valence-corrected chi connectivity index (χ0v) is 15.2. The largest absolute Gasteiger partial charge is 0.494 e. The standard InChI is InChI=1S/C20H26N4O2/c1-2-26-18-9-6-16(7-10-18)8-11-19(25)23-17-5-3-14-24(15-17)20-21-12-4-13-22-20/h4,6-7,9-10,12-13,17H,2-3,5,8,11,14-15H2,1H3,(H,23,25). The minimum Gasteiger partial charge on any atom is -0.494 e. The van der Waals surface area contributed by atoms with E-state index < -0.39 is 0 Å². The molecule has 1 unspecified atom stereocenters. The fourth-order valence-electron chi connectivity index (χ4n) is 3.21. The third-order valence-electron chi connectivity index (χ3n) is 4.50. The second-order valence-electron chi connectivity index (χ2n) is 6.48. The molecule has 6 nitrogen and oxygen atoms in total. The molecule has 1 saturated heterocycles. The highest BCUT2D eigenvalue weighted by atomic mass is 16.5. The lowest BCUT2D eigenvalue weighted by molar-refractivity contribution is -0.121. The van der Waals surface area contributed by atoms with Gasteiger partial charge in [0.2, 0.25) is 11.9 Å². The molecule has 0 radical (unpaired) electrons. The number of aryl methyl sites for hydroxylation is 1. The lowest BCUT2D eigenvalue weighted by Gasteiger charge is -2.33. The summed E-state index contributed by atoms with van der Waals surface area (Å²) < 4.78 is 5.44. The van der Waals surface area contributed by atoms with E-state index in [-0.39, 0.29) is 11.9 Å². The summed E-state index contributed by atoms with van der Waals surface area (Å²) in [7, 11) is 0. The van der Waals surface area contributed by atoms with Gasteiger partial charge in [0.1, 0.15) is 5.75 Å². The Morgan fingerprint density at radius 3 is 2.77 bits per heavy atom. The van der Waals surface area contributed by atoms with Crippen molar-refractivity contribution < 1.29 is 9.53 Å². The molecule has 2 aromatic rings. The van der Waals surface area contributed by atoms with Gasteiger partial charge in [-0.2, -0.15) is 0 Å². The Kier molecular flexibility index (Phi) is 6.41. The number of ether oxygens (including phenoxy) is 1. The maximum absolute atomic E-state index is 12.3. The number of nitrogens with zero attached hydrogens (tertiary/aromatic N) is 3. The molecule has 2 heterocycles. The molecule has 3 rings (SSSR count). The van der Waals surface area contributed by atoms with Gasteiger partial charge in [0.05, 0.1) is 6.61 Å². The lowest BCUT2D eigenvalue weighted by atomic mass is 10.0. The van der Waals surface area contributed by atoms with E-state index in [0.717, 1.165) is 49.6 Å². The highest BCUT2D eigenvalue weighted by Gasteiger charge is 2.22. The third-order valence-corrected chi connectivity index (χ3v) is 4.50. The molecule has 138 valence electrons. The fourth-order valence-corrected chi connectivity index (χ4v) is 3.21. The van der Waals surface area contributed by atoms with Crippen LogP contribution < -0.4 is 15.0 Å². The van der Waals surface area contributed by atoms with Gasteiger partial charge in [-0.25, -0.2) is 9.97 Å². The van der Waals surface area contributed by atoms with E-state index in [9.17, 15) is 4.79 Å². The van der Waals surface area contributed by atoms with Crippen molar-refractivity contribution in [3.8, 4) is 5.75 Å². The summed E-state index contributed by atoms with van der Waals surface area (Å²) in [6.07, 6.45) is 6.76. The molecule has 1 aliphatic heterocycles. The van der Waals surface area contributed by atoms with Crippen LogP contribution in [0.2, 0.25) is 0 Å². The molecule has 0 aliphatic carbocycles. The fraction of sp³-hybridized carbons (Fsp3) is 0.450. The van der Waals surface area contributed by atoms with E-state index in [0.29, 0.717) is 13.0 Å². The molecule has 1 N–H and O–H groups in total. The van der Waals surface area contributed by atoms with Crippen molar-refractivity contribution in [3.63, 3.8) is 0 Å². The van der Waals surface area contributed by atoms with Gasteiger partial charge in [0.25, 0.3) is 0 Å². The third kappa shape index (κ3) is 5.18. The summed E-state index contributed by atoms with van der Waals surface area (Å²) in [5, 5.41) is 3.16. The number of carbonyl (C=O) groups excluding carboxylic acids is 1. The summed E-state index contributed by atoms with van der Waals surface area (Å²) in [5.41, 5.74) is 1.14. The zero-order valence-electron chi connectivity index (χ0n) is 15.2. The monoisotopic (exact) mass is 354 g/mol. The number of rotatable bonds is 7. The van der Waals surface area contributed by atoms with E-state index in [4.69, 9.17) is 4.74 Å². The number of amides is 1. The average molecular weight is 354 g/mol. The maximum atomic E-state index is 12.3. The number of carbonyl (C=O) groups is 1. The van der Waals surface area contributed by atoms with Crippen molar-refractivity contribution >= 4 is 11.9 Å². The first-order valence-electron chi connectivity index (χ1n) is 9.27. The quantitative estimate of drug-likeness (QED) is 0.828. The summed E-state index contributed by atoms with van der Waals surface area (Å²) >= 11 is 0. The second-order valence-corrected chi connectivity index (χ2v) is 6.48. The molecule has 1 amide bonds. The Hall–Kier alpha value is -2.63. The minimum absolute atomic E-state index is 0.0970. The summed E-state index contributed by atoms with van der Waals surface area (Å²) in [5.74, 6) is 1.70. The Bertz CT molecular complexity index is 691. The topological polar surface area (TPSA) is 67.3 Å². The predicted octanol–water partition coefficient (Wildman–Crippen LogP) is 2.59. The Balaban J connectivity index is 1.45. The number of aromatic nitrogens is 2. The van der Waals surface area contributed by atoms with Crippen LogP contribution in [-0.2, 0) is 11.2 Å². The molecule has 1 fully saturated rings. The summed E-state index contributed by atoms with van der Waals surface area (Å²) in [6.45, 7) is 4.32. The number of hydrogen-bond donors (Lipinski definition) is 1. The van der Waals surface area contributed by atoms with E-state index in [1.165, 1.54) is 0 Å². The molecule has 1 atom stereocenters. The van der Waals surface area contributed by atoms with Crippen LogP contribution in [0.1, 0.15) is 31.7 Å². The van der Waals surface area contributed by atoms with Gasteiger partial charge in [0, 0.05) is 37.9 Å². The predicted molar refractivity (Wildman–Crippen MR) is 101 cm³/mol. The first kappa shape index (κ1) is 18.2. The Morgan fingerprint density at radius 2 is 2.04 bits per heavy atom. The molecule has 1 aromatic carbocycles. The van der Waals surface area contributed by atoms with Gasteiger partial charge in [0.15, 0.2) is 0 Å². The van der Waals surface area contributed by atoms with E-state index in [1.807, 2.05) is 37.3 Å². The normalized spacial score (nSPS) is 17.0. The summed E-state index contributed by atoms with van der Waals surface area (Å²) in [4.78, 5) is 23.1. The molecular weight excluding hydrogens is 328 g/mol. The Labute approximate surface area is 154 Å². The molecule has 0 spiro atoms. The molecule has 1 aliphatic rings. The lowest BCUT2D eigenvalue weighted by Crippen LogP contribution is -2.48. The second kappa shape index (κ2) is 9.17. The van der Waals surface area contributed by atoms with Crippen molar-refractivity contribution in [1.29, 1.82) is 0 Å². The van der Waals surface area contributed by atoms with Gasteiger partial charge in [-0.15, -0.1) is 0 Å². The van der Waals surface area contributed by atoms with Crippen molar-refractivity contribution in [2.45, 2.75) is 38.6 Å². The van der Waals surface area contributed by atoms with Gasteiger partial charge in [-0.3, -0.25) is 4.79 Å². The number of hydrogen-bond acceptors (Lipinski definition) is 5. The van der Waals surface area contributed by atoms with Crippen LogP contribution >= 0.6 is 0 Å². The van der Waals surface area contributed by atoms with Crippen molar-refractivity contribution in [1.82, 2.24) is 15.3 Å². The van der Waals surface area contributed by atoms with Crippen LogP contribution in [0.15, 0.2) is 42.7 Å². The molecule has 6 heteroatoms. The van der Waals surface area contributed by atoms with Gasteiger partial charge in [-0.1, -0.05) is 12.1 Å². The molecule has 0 saturated carbocycles. The van der Waals surface area contributed by atoms with E-state index in [2.05, 4.69) is 20.2 Å². The Morgan fingerprint density at radius 1 is 1.27 bits per heavy atom. The van der Waals surface area contributed by atoms with Crippen LogP contribution in [0.3, 0.4) is 0 Å². The van der Waals surface area contributed by atoms with Crippen LogP contribution in [0.5, 0.6) is 5.75 Å². The highest BCUT2D eigenvalue weighted by molar-refractivity contribution is 5.76. The van der Waals surface area contributed by atoms with Crippen LogP contribution in [-0.4, -0.2) is 41.6 Å². The van der Waals surface area contributed by atoms with Gasteiger partial charge < -0.3 is 15.0 Å². The van der Waals surface area contributed by atoms with E-state index in [1.54, 1.807) is 12.4 Å². The number of anilines is 1. The minimum atomic E-state index is 0.0970. The zero-order chi connectivity index (χ0) is 18.2. The SMILES string of the molecule is CCOc1ccc(CCC(=O)NC2CCCN(c3ncccn3)C2)cc1. The molecule has 0 bridgehead atoms. The van der Waals surface area contributed by atoms with Crippen molar-refractivity contribution in [3.05, 3.63) is 48.3 Å².